The van der Waals surface area contributed by atoms with Crippen LogP contribution in [0.1, 0.15) is 17.2 Å². The Hall–Kier alpha value is -3.18. The van der Waals surface area contributed by atoms with E-state index in [1.807, 2.05) is 18.2 Å². The van der Waals surface area contributed by atoms with Gasteiger partial charge in [0.1, 0.15) is 22.9 Å². The van der Waals surface area contributed by atoms with Crippen molar-refractivity contribution in [2.45, 2.75) is 6.04 Å². The van der Waals surface area contributed by atoms with Gasteiger partial charge < -0.3 is 10.4 Å². The summed E-state index contributed by atoms with van der Waals surface area (Å²) in [5, 5.41) is 15.2. The van der Waals surface area contributed by atoms with Crippen LogP contribution in [0.2, 0.25) is 5.02 Å². The Morgan fingerprint density at radius 1 is 0.926 bits per heavy atom. The van der Waals surface area contributed by atoms with Crippen LogP contribution in [0.4, 0.5) is 10.2 Å². The molecule has 4 aromatic rings. The van der Waals surface area contributed by atoms with Crippen LogP contribution in [0.15, 0.2) is 73.1 Å². The zero-order valence-corrected chi connectivity index (χ0v) is 14.9. The summed E-state index contributed by atoms with van der Waals surface area (Å²) < 4.78 is 14.6. The molecule has 1 atom stereocenters. The van der Waals surface area contributed by atoms with Gasteiger partial charge >= 0.3 is 0 Å². The summed E-state index contributed by atoms with van der Waals surface area (Å²) >= 11 is 6.10. The molecular weight excluding hydrogens is 365 g/mol. The third-order valence-corrected chi connectivity index (χ3v) is 4.55. The number of benzene rings is 2. The second kappa shape index (κ2) is 7.21. The molecule has 0 aliphatic rings. The first kappa shape index (κ1) is 17.2. The van der Waals surface area contributed by atoms with E-state index in [9.17, 15) is 9.50 Å². The highest BCUT2D eigenvalue weighted by Gasteiger charge is 2.23. The average molecular weight is 380 g/mol. The number of anilines is 1. The number of phenolic OH excluding ortho intramolecular Hbond substituents is 1. The first-order chi connectivity index (χ1) is 13.1. The highest BCUT2D eigenvalue weighted by Crippen LogP contribution is 2.37. The molecule has 2 aromatic heterocycles. The number of pyridine rings is 2. The number of nitrogens with zero attached hydrogens (tertiary/aromatic N) is 2. The van der Waals surface area contributed by atoms with Crippen LogP contribution < -0.4 is 5.32 Å². The Kier molecular flexibility index (Phi) is 4.60. The lowest BCUT2D eigenvalue weighted by Crippen LogP contribution is -2.15. The van der Waals surface area contributed by atoms with Gasteiger partial charge in [0.25, 0.3) is 0 Å². The van der Waals surface area contributed by atoms with E-state index in [1.54, 1.807) is 42.7 Å². The Bertz CT molecular complexity index is 1110. The van der Waals surface area contributed by atoms with Gasteiger partial charge in [-0.2, -0.15) is 0 Å². The number of halogens is 2. The molecule has 0 radical (unpaired) electrons. The smallest absolute Gasteiger partial charge is 0.147 e. The van der Waals surface area contributed by atoms with Crippen molar-refractivity contribution in [3.05, 3.63) is 95.0 Å². The molecule has 1 unspecified atom stereocenters. The minimum absolute atomic E-state index is 0.0130. The largest absolute Gasteiger partial charge is 0.505 e. The average Bonchev–Trinajstić information content (AvgIpc) is 2.70. The molecule has 2 heterocycles. The van der Waals surface area contributed by atoms with Gasteiger partial charge in [-0.25, -0.2) is 9.37 Å². The standard InChI is InChI=1S/C21H15ClFN3O/c22-14-7-9-17(23)16(12-14)20(26-18-5-1-2-10-24-18)15-8-6-13-4-3-11-25-19(13)21(15)27/h1-12,20,27H,(H,24,26). The highest BCUT2D eigenvalue weighted by molar-refractivity contribution is 6.30. The van der Waals surface area contributed by atoms with Gasteiger partial charge in [0.05, 0.1) is 6.04 Å². The fourth-order valence-corrected chi connectivity index (χ4v) is 3.21. The van der Waals surface area contributed by atoms with Gasteiger partial charge in [-0.1, -0.05) is 35.9 Å². The topological polar surface area (TPSA) is 58.0 Å². The summed E-state index contributed by atoms with van der Waals surface area (Å²) in [4.78, 5) is 8.50. The SMILES string of the molecule is Oc1c(C(Nc2ccccn2)c2cc(Cl)ccc2F)ccc2cccnc12. The Morgan fingerprint density at radius 2 is 1.78 bits per heavy atom. The van der Waals surface area contributed by atoms with Crippen LogP contribution in [0.3, 0.4) is 0 Å². The van der Waals surface area contributed by atoms with Crippen molar-refractivity contribution in [3.8, 4) is 5.75 Å². The molecule has 2 aromatic carbocycles. The van der Waals surface area contributed by atoms with Crippen LogP contribution >= 0.6 is 11.6 Å². The monoisotopic (exact) mass is 379 g/mol. The van der Waals surface area contributed by atoms with E-state index in [-0.39, 0.29) is 5.75 Å². The van der Waals surface area contributed by atoms with Crippen molar-refractivity contribution in [1.82, 2.24) is 9.97 Å². The number of rotatable bonds is 4. The molecule has 6 heteroatoms. The lowest BCUT2D eigenvalue weighted by Gasteiger charge is -2.22. The Morgan fingerprint density at radius 3 is 2.59 bits per heavy atom. The van der Waals surface area contributed by atoms with Crippen molar-refractivity contribution in [3.63, 3.8) is 0 Å². The first-order valence-corrected chi connectivity index (χ1v) is 8.70. The number of hydrogen-bond acceptors (Lipinski definition) is 4. The van der Waals surface area contributed by atoms with E-state index >= 15 is 0 Å². The first-order valence-electron chi connectivity index (χ1n) is 8.32. The number of phenols is 1. The number of hydrogen-bond donors (Lipinski definition) is 2. The third kappa shape index (κ3) is 3.41. The van der Waals surface area contributed by atoms with E-state index in [0.717, 1.165) is 5.39 Å². The summed E-state index contributed by atoms with van der Waals surface area (Å²) in [7, 11) is 0. The van der Waals surface area contributed by atoms with Crippen molar-refractivity contribution < 1.29 is 9.50 Å². The predicted molar refractivity (Wildman–Crippen MR) is 105 cm³/mol. The number of aromatic nitrogens is 2. The van der Waals surface area contributed by atoms with Gasteiger partial charge in [0.2, 0.25) is 0 Å². The number of nitrogens with one attached hydrogen (secondary N) is 1. The quantitative estimate of drug-likeness (QED) is 0.503. The van der Waals surface area contributed by atoms with Crippen molar-refractivity contribution >= 4 is 28.3 Å². The van der Waals surface area contributed by atoms with Crippen LogP contribution in [0.5, 0.6) is 5.75 Å². The molecule has 4 nitrogen and oxygen atoms in total. The molecule has 4 rings (SSSR count). The van der Waals surface area contributed by atoms with E-state index < -0.39 is 11.9 Å². The summed E-state index contributed by atoms with van der Waals surface area (Å²) in [6.45, 7) is 0. The lowest BCUT2D eigenvalue weighted by atomic mass is 9.95. The molecule has 2 N–H and O–H groups in total. The molecule has 0 amide bonds. The summed E-state index contributed by atoms with van der Waals surface area (Å²) in [5.41, 5.74) is 1.23. The molecule has 0 bridgehead atoms. The molecular formula is C21H15ClFN3O. The van der Waals surface area contributed by atoms with Crippen molar-refractivity contribution in [2.24, 2.45) is 0 Å². The van der Waals surface area contributed by atoms with Gasteiger partial charge in [-0.15, -0.1) is 0 Å². The normalized spacial score (nSPS) is 12.1. The minimum Gasteiger partial charge on any atom is -0.505 e. The molecule has 0 spiro atoms. The van der Waals surface area contributed by atoms with Crippen molar-refractivity contribution in [1.29, 1.82) is 0 Å². The number of fused-ring (bicyclic) bond motifs is 1. The Labute approximate surface area is 160 Å². The van der Waals surface area contributed by atoms with Crippen LogP contribution in [0.25, 0.3) is 10.9 Å². The van der Waals surface area contributed by atoms with Crippen LogP contribution in [-0.4, -0.2) is 15.1 Å². The molecule has 0 aliphatic carbocycles. The molecule has 0 saturated carbocycles. The van der Waals surface area contributed by atoms with Crippen LogP contribution in [0, 0.1) is 5.82 Å². The summed E-state index contributed by atoms with van der Waals surface area (Å²) in [6, 6.07) is 16.2. The van der Waals surface area contributed by atoms with Crippen LogP contribution in [-0.2, 0) is 0 Å². The minimum atomic E-state index is -0.704. The molecule has 27 heavy (non-hydrogen) atoms. The molecule has 0 saturated heterocycles. The molecule has 134 valence electrons. The maximum atomic E-state index is 14.6. The second-order valence-electron chi connectivity index (χ2n) is 6.04. The second-order valence-corrected chi connectivity index (χ2v) is 6.47. The van der Waals surface area contributed by atoms with Gasteiger partial charge in [0.15, 0.2) is 0 Å². The fourth-order valence-electron chi connectivity index (χ4n) is 3.03. The Balaban J connectivity index is 1.90. The maximum Gasteiger partial charge on any atom is 0.147 e. The number of aromatic hydroxyl groups is 1. The lowest BCUT2D eigenvalue weighted by molar-refractivity contribution is 0.471. The predicted octanol–water partition coefficient (Wildman–Crippen LogP) is 5.33. The maximum absolute atomic E-state index is 14.6. The van der Waals surface area contributed by atoms with Gasteiger partial charge in [-0.05, 0) is 36.4 Å². The zero-order chi connectivity index (χ0) is 18.8. The highest BCUT2D eigenvalue weighted by atomic mass is 35.5. The van der Waals surface area contributed by atoms with E-state index in [4.69, 9.17) is 11.6 Å². The van der Waals surface area contributed by atoms with Gasteiger partial charge in [-0.3, -0.25) is 4.98 Å². The zero-order valence-electron chi connectivity index (χ0n) is 14.1. The van der Waals surface area contributed by atoms with Crippen molar-refractivity contribution in [2.75, 3.05) is 5.32 Å². The van der Waals surface area contributed by atoms with E-state index in [2.05, 4.69) is 15.3 Å². The van der Waals surface area contributed by atoms with Gasteiger partial charge in [0, 0.05) is 33.9 Å². The van der Waals surface area contributed by atoms with E-state index in [1.165, 1.54) is 12.1 Å². The summed E-state index contributed by atoms with van der Waals surface area (Å²) in [6.07, 6.45) is 3.24. The summed E-state index contributed by atoms with van der Waals surface area (Å²) in [5.74, 6) is 0.0941. The third-order valence-electron chi connectivity index (χ3n) is 4.32. The fraction of sp³-hybridized carbons (Fsp3) is 0.0476. The molecule has 0 fully saturated rings. The van der Waals surface area contributed by atoms with E-state index in [0.29, 0.717) is 27.5 Å². The molecule has 0 aliphatic heterocycles.